The maximum atomic E-state index is 14.2. The molecule has 4 nitrogen and oxygen atoms in total. The van der Waals surface area contributed by atoms with Crippen molar-refractivity contribution in [3.8, 4) is 5.75 Å². The molecule has 0 heterocycles. The first-order valence-corrected chi connectivity index (χ1v) is 8.55. The summed E-state index contributed by atoms with van der Waals surface area (Å²) in [5.41, 5.74) is 0.885. The molecule has 0 aromatic heterocycles. The highest BCUT2D eigenvalue weighted by Crippen LogP contribution is 2.30. The van der Waals surface area contributed by atoms with E-state index in [0.717, 1.165) is 24.0 Å². The van der Waals surface area contributed by atoms with Gasteiger partial charge < -0.3 is 15.4 Å². The van der Waals surface area contributed by atoms with E-state index in [1.807, 2.05) is 13.0 Å². The van der Waals surface area contributed by atoms with Crippen molar-refractivity contribution in [2.75, 3.05) is 20.2 Å². The topological polar surface area (TPSA) is 45.7 Å². The average Bonchev–Trinajstić information content (AvgIpc) is 3.44. The van der Waals surface area contributed by atoms with Gasteiger partial charge in [-0.1, -0.05) is 6.07 Å². The van der Waals surface area contributed by atoms with E-state index in [9.17, 15) is 4.39 Å². The molecule has 23 heavy (non-hydrogen) atoms. The van der Waals surface area contributed by atoms with Gasteiger partial charge in [-0.15, -0.1) is 0 Å². The Balaban J connectivity index is 1.54. The Labute approximate surface area is 137 Å². The zero-order valence-electron chi connectivity index (χ0n) is 13.9. The van der Waals surface area contributed by atoms with Gasteiger partial charge in [0.2, 0.25) is 0 Å². The van der Waals surface area contributed by atoms with Crippen LogP contribution in [0.1, 0.15) is 44.2 Å². The Hall–Kier alpha value is -1.78. The number of hydrogen-bond donors (Lipinski definition) is 2. The van der Waals surface area contributed by atoms with Gasteiger partial charge in [-0.3, -0.25) is 4.99 Å². The largest absolute Gasteiger partial charge is 0.490 e. The van der Waals surface area contributed by atoms with Gasteiger partial charge in [0.1, 0.15) is 0 Å². The Bertz CT molecular complexity index is 567. The molecule has 0 radical (unpaired) electrons. The highest BCUT2D eigenvalue weighted by Gasteiger charge is 2.23. The number of aliphatic imine (C=N–C) groups is 1. The molecule has 2 fully saturated rings. The predicted octanol–water partition coefficient (Wildman–Crippen LogP) is 3.25. The van der Waals surface area contributed by atoms with Crippen LogP contribution < -0.4 is 15.4 Å². The van der Waals surface area contributed by atoms with Crippen LogP contribution in [0.15, 0.2) is 23.2 Å². The zero-order chi connectivity index (χ0) is 16.2. The van der Waals surface area contributed by atoms with E-state index < -0.39 is 0 Å². The van der Waals surface area contributed by atoms with Crippen molar-refractivity contribution < 1.29 is 9.13 Å². The third-order valence-corrected chi connectivity index (χ3v) is 4.46. The summed E-state index contributed by atoms with van der Waals surface area (Å²) in [6.45, 7) is 3.58. The van der Waals surface area contributed by atoms with Crippen LogP contribution in [0.3, 0.4) is 0 Å². The van der Waals surface area contributed by atoms with Crippen molar-refractivity contribution in [2.24, 2.45) is 16.8 Å². The van der Waals surface area contributed by atoms with Gasteiger partial charge in [-0.05, 0) is 62.1 Å². The van der Waals surface area contributed by atoms with Crippen LogP contribution in [0.2, 0.25) is 0 Å². The Morgan fingerprint density at radius 2 is 2.04 bits per heavy atom. The third-order valence-electron chi connectivity index (χ3n) is 4.46. The molecule has 2 N–H and O–H groups in total. The maximum Gasteiger partial charge on any atom is 0.191 e. The molecule has 5 heteroatoms. The number of rotatable bonds is 7. The molecule has 126 valence electrons. The van der Waals surface area contributed by atoms with Crippen molar-refractivity contribution in [1.29, 1.82) is 0 Å². The molecular formula is C18H26FN3O. The summed E-state index contributed by atoms with van der Waals surface area (Å²) in [6, 6.07) is 5.17. The van der Waals surface area contributed by atoms with Gasteiger partial charge in [0.25, 0.3) is 0 Å². The van der Waals surface area contributed by atoms with E-state index in [1.54, 1.807) is 19.2 Å². The maximum absolute atomic E-state index is 14.2. The molecule has 0 aliphatic heterocycles. The molecule has 1 aromatic carbocycles. The Morgan fingerprint density at radius 1 is 1.30 bits per heavy atom. The second kappa shape index (κ2) is 7.20. The molecule has 0 saturated heterocycles. The number of ether oxygens (including phenoxy) is 1. The van der Waals surface area contributed by atoms with E-state index in [0.29, 0.717) is 18.3 Å². The number of benzene rings is 1. The lowest BCUT2D eigenvalue weighted by molar-refractivity contribution is 0.285. The number of nitrogens with one attached hydrogen (secondary N) is 2. The first-order valence-electron chi connectivity index (χ1n) is 8.55. The van der Waals surface area contributed by atoms with E-state index in [1.165, 1.54) is 25.7 Å². The molecule has 2 aliphatic rings. The van der Waals surface area contributed by atoms with Crippen LogP contribution >= 0.6 is 0 Å². The average molecular weight is 319 g/mol. The minimum absolute atomic E-state index is 0.0209. The van der Waals surface area contributed by atoms with Crippen molar-refractivity contribution in [3.05, 3.63) is 29.6 Å². The molecule has 1 unspecified atom stereocenters. The second-order valence-electron chi connectivity index (χ2n) is 6.71. The molecule has 2 aliphatic carbocycles. The first-order chi connectivity index (χ1) is 11.2. The first kappa shape index (κ1) is 16.1. The molecule has 0 bridgehead atoms. The Morgan fingerprint density at radius 3 is 2.65 bits per heavy atom. The molecule has 1 aromatic rings. The van der Waals surface area contributed by atoms with E-state index >= 15 is 0 Å². The lowest BCUT2D eigenvalue weighted by Crippen LogP contribution is -2.39. The predicted molar refractivity (Wildman–Crippen MR) is 90.3 cm³/mol. The summed E-state index contributed by atoms with van der Waals surface area (Å²) in [4.78, 5) is 4.23. The molecule has 0 spiro atoms. The lowest BCUT2D eigenvalue weighted by Gasteiger charge is -2.19. The zero-order valence-corrected chi connectivity index (χ0v) is 13.9. The summed E-state index contributed by atoms with van der Waals surface area (Å²) in [5.74, 6) is 2.22. The van der Waals surface area contributed by atoms with Crippen LogP contribution in [0.25, 0.3) is 0 Å². The van der Waals surface area contributed by atoms with Crippen molar-refractivity contribution in [1.82, 2.24) is 10.6 Å². The van der Waals surface area contributed by atoms with Gasteiger partial charge in [0, 0.05) is 13.6 Å². The van der Waals surface area contributed by atoms with Crippen molar-refractivity contribution in [2.45, 2.75) is 38.6 Å². The van der Waals surface area contributed by atoms with Crippen LogP contribution in [-0.4, -0.2) is 26.2 Å². The minimum atomic E-state index is -0.294. The highest BCUT2D eigenvalue weighted by molar-refractivity contribution is 5.80. The van der Waals surface area contributed by atoms with Gasteiger partial charge in [-0.25, -0.2) is 4.39 Å². The molecule has 0 amide bonds. The van der Waals surface area contributed by atoms with Crippen molar-refractivity contribution >= 4 is 5.96 Å². The van der Waals surface area contributed by atoms with Gasteiger partial charge in [0.05, 0.1) is 12.6 Å². The quantitative estimate of drug-likeness (QED) is 0.599. The van der Waals surface area contributed by atoms with Crippen LogP contribution in [0.5, 0.6) is 5.75 Å². The van der Waals surface area contributed by atoms with E-state index in [4.69, 9.17) is 4.74 Å². The molecular weight excluding hydrogens is 293 g/mol. The number of halogens is 1. The summed E-state index contributed by atoms with van der Waals surface area (Å²) < 4.78 is 19.7. The minimum Gasteiger partial charge on any atom is -0.490 e. The summed E-state index contributed by atoms with van der Waals surface area (Å²) in [5, 5.41) is 6.62. The highest BCUT2D eigenvalue weighted by atomic mass is 19.1. The second-order valence-corrected chi connectivity index (χ2v) is 6.71. The van der Waals surface area contributed by atoms with Crippen LogP contribution in [0.4, 0.5) is 4.39 Å². The van der Waals surface area contributed by atoms with Crippen molar-refractivity contribution in [3.63, 3.8) is 0 Å². The van der Waals surface area contributed by atoms with E-state index in [2.05, 4.69) is 15.6 Å². The standard InChI is InChI=1S/C18H26FN3O/c1-12(22-18(20-2)21-10-13-3-4-13)15-7-8-17(16(19)9-15)23-11-14-5-6-14/h7-9,12-14H,3-6,10-11H2,1-2H3,(H2,20,21,22). The number of hydrogen-bond acceptors (Lipinski definition) is 2. The molecule has 3 rings (SSSR count). The Kier molecular flexibility index (Phi) is 5.03. The van der Waals surface area contributed by atoms with Gasteiger partial charge in [-0.2, -0.15) is 0 Å². The summed E-state index contributed by atoms with van der Waals surface area (Å²) >= 11 is 0. The fourth-order valence-corrected chi connectivity index (χ4v) is 2.44. The summed E-state index contributed by atoms with van der Waals surface area (Å²) in [7, 11) is 1.75. The van der Waals surface area contributed by atoms with Gasteiger partial charge >= 0.3 is 0 Å². The lowest BCUT2D eigenvalue weighted by atomic mass is 10.1. The monoisotopic (exact) mass is 319 g/mol. The van der Waals surface area contributed by atoms with E-state index in [-0.39, 0.29) is 11.9 Å². The number of guanidine groups is 1. The van der Waals surface area contributed by atoms with Gasteiger partial charge in [0.15, 0.2) is 17.5 Å². The normalized spacial score (nSPS) is 19.3. The fourth-order valence-electron chi connectivity index (χ4n) is 2.44. The van der Waals surface area contributed by atoms with Crippen LogP contribution in [-0.2, 0) is 0 Å². The smallest absolute Gasteiger partial charge is 0.191 e. The molecule has 1 atom stereocenters. The molecule has 2 saturated carbocycles. The third kappa shape index (κ3) is 4.85. The number of nitrogens with zero attached hydrogens (tertiary/aromatic N) is 1. The van der Waals surface area contributed by atoms with Crippen LogP contribution in [0, 0.1) is 17.7 Å². The summed E-state index contributed by atoms with van der Waals surface area (Å²) in [6.07, 6.45) is 5.00. The SMILES string of the molecule is CN=C(NCC1CC1)NC(C)c1ccc(OCC2CC2)c(F)c1. The fraction of sp³-hybridized carbons (Fsp3) is 0.611.